The molecule has 0 saturated carbocycles. The molecule has 2 aromatic heterocycles. The van der Waals surface area contributed by atoms with Crippen molar-refractivity contribution in [2.75, 3.05) is 0 Å². The van der Waals surface area contributed by atoms with E-state index in [2.05, 4.69) is 16.3 Å². The number of rotatable bonds is 4. The highest BCUT2D eigenvalue weighted by atomic mass is 16.4. The summed E-state index contributed by atoms with van der Waals surface area (Å²) in [5.74, 6) is 1.39. The molecule has 0 fully saturated rings. The lowest BCUT2D eigenvalue weighted by molar-refractivity contribution is 0.322. The first-order valence-corrected chi connectivity index (χ1v) is 5.43. The van der Waals surface area contributed by atoms with E-state index in [1.807, 2.05) is 13.0 Å². The maximum atomic E-state index is 8.63. The van der Waals surface area contributed by atoms with Crippen molar-refractivity contribution in [2.24, 2.45) is 5.16 Å². The summed E-state index contributed by atoms with van der Waals surface area (Å²) in [5.41, 5.74) is 1.24. The number of hydrogen-bond donors (Lipinski definition) is 1. The van der Waals surface area contributed by atoms with E-state index < -0.39 is 0 Å². The number of aromatic nitrogens is 2. The largest absolute Gasteiger partial charge is 0.460 e. The van der Waals surface area contributed by atoms with E-state index in [0.717, 1.165) is 5.76 Å². The predicted molar refractivity (Wildman–Crippen MR) is 64.3 cm³/mol. The summed E-state index contributed by atoms with van der Waals surface area (Å²) in [4.78, 5) is 0. The minimum atomic E-state index is 0.369. The van der Waals surface area contributed by atoms with Crippen LogP contribution in [0.5, 0.6) is 0 Å². The highest BCUT2D eigenvalue weighted by molar-refractivity contribution is 5.87. The standard InChI is InChI=1S/C12H12N4O2/c1-9-3-4-11(18-9)12-10(7-14-17)8-16(15-12)6-2-5-13/h3-4,7-8,17H,2,6H2,1H3. The van der Waals surface area contributed by atoms with Gasteiger partial charge in [0.1, 0.15) is 11.5 Å². The van der Waals surface area contributed by atoms with Gasteiger partial charge in [-0.25, -0.2) is 0 Å². The first kappa shape index (κ1) is 11.9. The Hall–Kier alpha value is -2.55. The van der Waals surface area contributed by atoms with Crippen LogP contribution >= 0.6 is 0 Å². The molecule has 2 heterocycles. The fourth-order valence-corrected chi connectivity index (χ4v) is 1.63. The van der Waals surface area contributed by atoms with Crippen molar-refractivity contribution >= 4 is 6.21 Å². The van der Waals surface area contributed by atoms with E-state index in [9.17, 15) is 0 Å². The molecule has 0 spiro atoms. The monoisotopic (exact) mass is 244 g/mol. The fourth-order valence-electron chi connectivity index (χ4n) is 1.63. The predicted octanol–water partition coefficient (Wildman–Crippen LogP) is 2.17. The van der Waals surface area contributed by atoms with Crippen LogP contribution in [0.1, 0.15) is 17.7 Å². The van der Waals surface area contributed by atoms with Crippen LogP contribution in [0.15, 0.2) is 27.9 Å². The molecule has 0 atom stereocenters. The van der Waals surface area contributed by atoms with Crippen LogP contribution in [0.2, 0.25) is 0 Å². The summed E-state index contributed by atoms with van der Waals surface area (Å²) in [6, 6.07) is 5.70. The molecule has 18 heavy (non-hydrogen) atoms. The molecule has 6 nitrogen and oxygen atoms in total. The molecule has 0 aliphatic carbocycles. The Morgan fingerprint density at radius 1 is 1.61 bits per heavy atom. The second-order valence-corrected chi connectivity index (χ2v) is 3.76. The molecule has 0 bridgehead atoms. The van der Waals surface area contributed by atoms with Crippen molar-refractivity contribution in [2.45, 2.75) is 19.9 Å². The van der Waals surface area contributed by atoms with Gasteiger partial charge in [-0.15, -0.1) is 0 Å². The number of furan rings is 1. The van der Waals surface area contributed by atoms with Crippen LogP contribution in [-0.2, 0) is 6.54 Å². The van der Waals surface area contributed by atoms with Crippen LogP contribution in [0.25, 0.3) is 11.5 Å². The van der Waals surface area contributed by atoms with E-state index in [1.165, 1.54) is 6.21 Å². The second-order valence-electron chi connectivity index (χ2n) is 3.76. The molecule has 0 unspecified atom stereocenters. The van der Waals surface area contributed by atoms with Gasteiger partial charge in [-0.05, 0) is 19.1 Å². The number of nitrogens with zero attached hydrogens (tertiary/aromatic N) is 4. The molecule has 0 aromatic carbocycles. The molecular formula is C12H12N4O2. The van der Waals surface area contributed by atoms with E-state index in [-0.39, 0.29) is 0 Å². The second kappa shape index (κ2) is 5.19. The summed E-state index contributed by atoms with van der Waals surface area (Å²) in [6.45, 7) is 2.33. The maximum Gasteiger partial charge on any atom is 0.155 e. The fraction of sp³-hybridized carbons (Fsp3) is 0.250. The third-order valence-corrected chi connectivity index (χ3v) is 2.41. The SMILES string of the molecule is Cc1ccc(-c2nn(CCC#N)cc2C=NO)o1. The maximum absolute atomic E-state index is 8.63. The third kappa shape index (κ3) is 2.40. The lowest BCUT2D eigenvalue weighted by Gasteiger charge is -1.94. The summed E-state index contributed by atoms with van der Waals surface area (Å²) in [7, 11) is 0. The Morgan fingerprint density at radius 2 is 2.44 bits per heavy atom. The number of aryl methyl sites for hydroxylation is 2. The van der Waals surface area contributed by atoms with Gasteiger partial charge in [-0.1, -0.05) is 5.16 Å². The summed E-state index contributed by atoms with van der Waals surface area (Å²) >= 11 is 0. The van der Waals surface area contributed by atoms with Crippen molar-refractivity contribution in [1.29, 1.82) is 5.26 Å². The first-order chi connectivity index (χ1) is 8.74. The van der Waals surface area contributed by atoms with Crippen molar-refractivity contribution in [1.82, 2.24) is 9.78 Å². The molecule has 2 rings (SSSR count). The third-order valence-electron chi connectivity index (χ3n) is 2.41. The first-order valence-electron chi connectivity index (χ1n) is 5.43. The van der Waals surface area contributed by atoms with Crippen molar-refractivity contribution in [3.05, 3.63) is 29.7 Å². The number of oxime groups is 1. The average molecular weight is 244 g/mol. The van der Waals surface area contributed by atoms with Crippen LogP contribution in [0.3, 0.4) is 0 Å². The molecule has 0 saturated heterocycles. The lowest BCUT2D eigenvalue weighted by atomic mass is 10.2. The van der Waals surface area contributed by atoms with Gasteiger partial charge in [-0.2, -0.15) is 10.4 Å². The highest BCUT2D eigenvalue weighted by Gasteiger charge is 2.13. The topological polar surface area (TPSA) is 87.3 Å². The molecule has 0 amide bonds. The Bertz CT molecular complexity index is 604. The molecule has 0 radical (unpaired) electrons. The summed E-state index contributed by atoms with van der Waals surface area (Å²) in [6.07, 6.45) is 3.38. The molecule has 0 aliphatic heterocycles. The summed E-state index contributed by atoms with van der Waals surface area (Å²) < 4.78 is 7.12. The van der Waals surface area contributed by atoms with Gasteiger partial charge in [0.05, 0.1) is 25.2 Å². The Labute approximate surface area is 104 Å². The van der Waals surface area contributed by atoms with Gasteiger partial charge in [0.15, 0.2) is 5.76 Å². The molecule has 2 aromatic rings. The zero-order chi connectivity index (χ0) is 13.0. The van der Waals surface area contributed by atoms with Gasteiger partial charge < -0.3 is 9.62 Å². The zero-order valence-corrected chi connectivity index (χ0v) is 9.87. The molecule has 6 heteroatoms. The molecular weight excluding hydrogens is 232 g/mol. The lowest BCUT2D eigenvalue weighted by Crippen LogP contribution is -1.97. The van der Waals surface area contributed by atoms with Crippen LogP contribution in [0.4, 0.5) is 0 Å². The Morgan fingerprint density at radius 3 is 3.06 bits per heavy atom. The Balaban J connectivity index is 2.38. The Kier molecular flexibility index (Phi) is 3.44. The average Bonchev–Trinajstić information content (AvgIpc) is 2.93. The van der Waals surface area contributed by atoms with E-state index in [1.54, 1.807) is 16.9 Å². The van der Waals surface area contributed by atoms with E-state index in [4.69, 9.17) is 14.9 Å². The molecule has 92 valence electrons. The van der Waals surface area contributed by atoms with E-state index >= 15 is 0 Å². The summed E-state index contributed by atoms with van der Waals surface area (Å²) in [5, 5.41) is 24.5. The van der Waals surface area contributed by atoms with Gasteiger partial charge in [0, 0.05) is 11.8 Å². The van der Waals surface area contributed by atoms with Crippen molar-refractivity contribution in [3.8, 4) is 17.5 Å². The minimum absolute atomic E-state index is 0.369. The van der Waals surface area contributed by atoms with Gasteiger partial charge in [0.2, 0.25) is 0 Å². The van der Waals surface area contributed by atoms with Gasteiger partial charge >= 0.3 is 0 Å². The zero-order valence-electron chi connectivity index (χ0n) is 9.87. The minimum Gasteiger partial charge on any atom is -0.460 e. The van der Waals surface area contributed by atoms with Crippen molar-refractivity contribution < 1.29 is 9.62 Å². The van der Waals surface area contributed by atoms with Gasteiger partial charge in [0.25, 0.3) is 0 Å². The van der Waals surface area contributed by atoms with Crippen LogP contribution in [-0.4, -0.2) is 21.2 Å². The number of hydrogen-bond acceptors (Lipinski definition) is 5. The van der Waals surface area contributed by atoms with Crippen LogP contribution < -0.4 is 0 Å². The highest BCUT2D eigenvalue weighted by Crippen LogP contribution is 2.23. The molecule has 1 N–H and O–H groups in total. The quantitative estimate of drug-likeness (QED) is 0.507. The van der Waals surface area contributed by atoms with Gasteiger partial charge in [-0.3, -0.25) is 4.68 Å². The van der Waals surface area contributed by atoms with Crippen molar-refractivity contribution in [3.63, 3.8) is 0 Å². The normalized spacial score (nSPS) is 10.9. The number of nitriles is 1. The van der Waals surface area contributed by atoms with Crippen LogP contribution in [0, 0.1) is 18.3 Å². The smallest absolute Gasteiger partial charge is 0.155 e. The molecule has 0 aliphatic rings. The van der Waals surface area contributed by atoms with E-state index in [0.29, 0.717) is 30.0 Å².